The number of aromatic nitrogens is 1. The van der Waals surface area contributed by atoms with Crippen LogP contribution in [0.5, 0.6) is 0 Å². The fraction of sp³-hybridized carbons (Fsp3) is 0.346. The molecule has 5 rings (SSSR count). The zero-order chi connectivity index (χ0) is 20.7. The lowest BCUT2D eigenvalue weighted by Crippen LogP contribution is -2.39. The van der Waals surface area contributed by atoms with Crippen molar-refractivity contribution in [1.82, 2.24) is 9.47 Å². The number of aryl methyl sites for hydroxylation is 1. The number of nitrogens with zero attached hydrogens (tertiary/aromatic N) is 2. The highest BCUT2D eigenvalue weighted by Gasteiger charge is 2.34. The Morgan fingerprint density at radius 1 is 0.967 bits per heavy atom. The Morgan fingerprint density at radius 3 is 2.63 bits per heavy atom. The molecule has 0 bridgehead atoms. The second kappa shape index (κ2) is 7.67. The van der Waals surface area contributed by atoms with Gasteiger partial charge in [0, 0.05) is 17.6 Å². The van der Waals surface area contributed by atoms with Crippen LogP contribution in [0.25, 0.3) is 5.69 Å². The van der Waals surface area contributed by atoms with Crippen molar-refractivity contribution in [3.05, 3.63) is 83.2 Å². The predicted molar refractivity (Wildman–Crippen MR) is 121 cm³/mol. The number of hydrogen-bond acceptors (Lipinski definition) is 1. The van der Waals surface area contributed by atoms with Gasteiger partial charge in [-0.05, 0) is 72.6 Å². The Bertz CT molecular complexity index is 1080. The summed E-state index contributed by atoms with van der Waals surface area (Å²) >= 11 is 0. The van der Waals surface area contributed by atoms with Crippen molar-refractivity contribution in [2.24, 2.45) is 5.92 Å². The molecule has 2 aliphatic rings. The number of anilines is 1. The molecule has 0 unspecified atom stereocenters. The summed E-state index contributed by atoms with van der Waals surface area (Å²) in [6.07, 6.45) is 6.70. The number of amides is 2. The first-order valence-electron chi connectivity index (χ1n) is 11.1. The monoisotopic (exact) mass is 399 g/mol. The molecule has 1 atom stereocenters. The van der Waals surface area contributed by atoms with Gasteiger partial charge < -0.3 is 14.8 Å². The molecule has 154 valence electrons. The van der Waals surface area contributed by atoms with Crippen molar-refractivity contribution < 1.29 is 4.79 Å². The quantitative estimate of drug-likeness (QED) is 0.555. The van der Waals surface area contributed by atoms with E-state index in [1.165, 1.54) is 35.2 Å². The summed E-state index contributed by atoms with van der Waals surface area (Å²) in [5.41, 5.74) is 7.18. The fourth-order valence-electron chi connectivity index (χ4n) is 5.16. The van der Waals surface area contributed by atoms with E-state index in [-0.39, 0.29) is 12.1 Å². The van der Waals surface area contributed by atoms with Crippen molar-refractivity contribution >= 4 is 11.7 Å². The molecule has 0 fully saturated rings. The van der Waals surface area contributed by atoms with Crippen LogP contribution in [0, 0.1) is 5.92 Å². The summed E-state index contributed by atoms with van der Waals surface area (Å²) in [6, 6.07) is 19.0. The number of para-hydroxylation sites is 1. The molecule has 0 saturated heterocycles. The average Bonchev–Trinajstić information content (AvgIpc) is 3.17. The average molecular weight is 400 g/mol. The molecule has 2 aromatic carbocycles. The molecule has 30 heavy (non-hydrogen) atoms. The zero-order valence-corrected chi connectivity index (χ0v) is 17.8. The molecular weight excluding hydrogens is 370 g/mol. The smallest absolute Gasteiger partial charge is 0.318 e. The maximum Gasteiger partial charge on any atom is 0.322 e. The first-order chi connectivity index (χ1) is 14.6. The maximum absolute atomic E-state index is 13.7. The van der Waals surface area contributed by atoms with E-state index in [2.05, 4.69) is 84.5 Å². The lowest BCUT2D eigenvalue weighted by Gasteiger charge is -2.33. The summed E-state index contributed by atoms with van der Waals surface area (Å²) in [6.45, 7) is 4.99. The molecule has 0 saturated carbocycles. The van der Waals surface area contributed by atoms with E-state index in [1.54, 1.807) is 0 Å². The van der Waals surface area contributed by atoms with Gasteiger partial charge in [-0.25, -0.2) is 4.79 Å². The number of fused-ring (bicyclic) bond motifs is 4. The summed E-state index contributed by atoms with van der Waals surface area (Å²) in [4.78, 5) is 15.7. The third-order valence-corrected chi connectivity index (χ3v) is 6.54. The molecule has 1 aromatic heterocycles. The second-order valence-electron chi connectivity index (χ2n) is 8.83. The van der Waals surface area contributed by atoms with E-state index >= 15 is 0 Å². The Labute approximate surface area is 178 Å². The van der Waals surface area contributed by atoms with Gasteiger partial charge in [0.05, 0.1) is 18.3 Å². The van der Waals surface area contributed by atoms with Crippen LogP contribution in [0.2, 0.25) is 0 Å². The summed E-state index contributed by atoms with van der Waals surface area (Å²) in [5, 5.41) is 3.28. The van der Waals surface area contributed by atoms with Crippen molar-refractivity contribution in [2.75, 3.05) is 5.32 Å². The molecular formula is C26H29N3O. The minimum Gasteiger partial charge on any atom is -0.318 e. The van der Waals surface area contributed by atoms with Gasteiger partial charge in [0.15, 0.2) is 0 Å². The molecule has 3 aromatic rings. The summed E-state index contributed by atoms with van der Waals surface area (Å²) in [7, 11) is 0. The Morgan fingerprint density at radius 2 is 1.77 bits per heavy atom. The number of benzene rings is 2. The highest BCUT2D eigenvalue weighted by Crippen LogP contribution is 2.37. The van der Waals surface area contributed by atoms with Crippen LogP contribution >= 0.6 is 0 Å². The van der Waals surface area contributed by atoms with Crippen LogP contribution in [-0.2, 0) is 19.4 Å². The van der Waals surface area contributed by atoms with Crippen LogP contribution in [0.3, 0.4) is 0 Å². The van der Waals surface area contributed by atoms with Crippen molar-refractivity contribution in [3.8, 4) is 5.69 Å². The SMILES string of the molecule is CC(C)[C@H]1c2cccn2-c2ccccc2CN1C(=O)Nc1cccc2c1CCCC2. The Balaban J connectivity index is 1.54. The van der Waals surface area contributed by atoms with Gasteiger partial charge >= 0.3 is 6.03 Å². The third-order valence-electron chi connectivity index (χ3n) is 6.54. The normalized spacial score (nSPS) is 17.7. The van der Waals surface area contributed by atoms with Crippen LogP contribution in [0.1, 0.15) is 55.1 Å². The van der Waals surface area contributed by atoms with Crippen LogP contribution in [0.15, 0.2) is 60.8 Å². The second-order valence-corrected chi connectivity index (χ2v) is 8.83. The predicted octanol–water partition coefficient (Wildman–Crippen LogP) is 6.10. The minimum atomic E-state index is -0.0165. The Hall–Kier alpha value is -3.01. The lowest BCUT2D eigenvalue weighted by molar-refractivity contribution is 0.162. The molecule has 0 spiro atoms. The number of urea groups is 1. The maximum atomic E-state index is 13.7. The molecule has 2 amide bonds. The standard InChI is InChI=1S/C26H29N3O/c1-18(2)25-24-15-8-16-28(24)23-14-6-4-10-20(23)17-29(25)26(30)27-22-13-7-11-19-9-3-5-12-21(19)22/h4,6-8,10-11,13-16,18,25H,3,5,9,12,17H2,1-2H3,(H,27,30)/t25-/m0/s1. The van der Waals surface area contributed by atoms with Gasteiger partial charge in [-0.3, -0.25) is 0 Å². The summed E-state index contributed by atoms with van der Waals surface area (Å²) in [5.74, 6) is 0.295. The van der Waals surface area contributed by atoms with E-state index in [1.807, 2.05) is 4.90 Å². The lowest BCUT2D eigenvalue weighted by atomic mass is 9.90. The number of hydrogen-bond donors (Lipinski definition) is 1. The number of rotatable bonds is 2. The first-order valence-corrected chi connectivity index (χ1v) is 11.1. The van der Waals surface area contributed by atoms with Gasteiger partial charge in [0.25, 0.3) is 0 Å². The minimum absolute atomic E-state index is 0.00642. The largest absolute Gasteiger partial charge is 0.322 e. The highest BCUT2D eigenvalue weighted by molar-refractivity contribution is 5.91. The zero-order valence-electron chi connectivity index (χ0n) is 17.8. The van der Waals surface area contributed by atoms with E-state index in [0.29, 0.717) is 12.5 Å². The first kappa shape index (κ1) is 19.0. The molecule has 4 nitrogen and oxygen atoms in total. The van der Waals surface area contributed by atoms with E-state index in [0.717, 1.165) is 24.2 Å². The van der Waals surface area contributed by atoms with Gasteiger partial charge in [-0.15, -0.1) is 0 Å². The third kappa shape index (κ3) is 3.20. The number of carbonyl (C=O) groups excluding carboxylic acids is 1. The fourth-order valence-corrected chi connectivity index (χ4v) is 5.16. The van der Waals surface area contributed by atoms with Crippen molar-refractivity contribution in [3.63, 3.8) is 0 Å². The van der Waals surface area contributed by atoms with Gasteiger partial charge in [0.1, 0.15) is 0 Å². The molecule has 4 heteroatoms. The Kier molecular flexibility index (Phi) is 4.86. The van der Waals surface area contributed by atoms with Gasteiger partial charge in [-0.1, -0.05) is 44.2 Å². The summed E-state index contributed by atoms with van der Waals surface area (Å²) < 4.78 is 2.25. The van der Waals surface area contributed by atoms with Crippen molar-refractivity contribution in [2.45, 2.75) is 52.1 Å². The van der Waals surface area contributed by atoms with E-state index < -0.39 is 0 Å². The number of nitrogens with one attached hydrogen (secondary N) is 1. The molecule has 0 radical (unpaired) electrons. The topological polar surface area (TPSA) is 37.3 Å². The van der Waals surface area contributed by atoms with Crippen LogP contribution in [-0.4, -0.2) is 15.5 Å². The van der Waals surface area contributed by atoms with E-state index in [4.69, 9.17) is 0 Å². The van der Waals surface area contributed by atoms with Crippen LogP contribution in [0.4, 0.5) is 10.5 Å². The highest BCUT2D eigenvalue weighted by atomic mass is 16.2. The molecule has 2 heterocycles. The van der Waals surface area contributed by atoms with Gasteiger partial charge in [0.2, 0.25) is 0 Å². The van der Waals surface area contributed by atoms with E-state index in [9.17, 15) is 4.79 Å². The van der Waals surface area contributed by atoms with Crippen molar-refractivity contribution in [1.29, 1.82) is 0 Å². The van der Waals surface area contributed by atoms with Crippen LogP contribution < -0.4 is 5.32 Å². The number of carbonyl (C=O) groups is 1. The van der Waals surface area contributed by atoms with Gasteiger partial charge in [-0.2, -0.15) is 0 Å². The molecule has 1 aliphatic heterocycles. The molecule has 1 N–H and O–H groups in total. The molecule has 1 aliphatic carbocycles.